The average Bonchev–Trinajstić information content (AvgIpc) is 2.08. The highest BCUT2D eigenvalue weighted by atomic mass is 16.2. The van der Waals surface area contributed by atoms with Crippen LogP contribution in [-0.4, -0.2) is 29.8 Å². The topological polar surface area (TPSA) is 61.4 Å². The molecule has 0 aliphatic heterocycles. The smallest absolute Gasteiger partial charge is 0.315 e. The zero-order valence-electron chi connectivity index (χ0n) is 10.1. The van der Waals surface area contributed by atoms with Gasteiger partial charge in [0.05, 0.1) is 0 Å². The number of carbonyl (C=O) groups excluding carboxylic acids is 1. The highest BCUT2D eigenvalue weighted by molar-refractivity contribution is 5.74. The molecule has 2 amide bonds. The minimum Gasteiger partial charge on any atom is -0.396 e. The van der Waals surface area contributed by atoms with Crippen LogP contribution in [0.4, 0.5) is 4.79 Å². The predicted molar refractivity (Wildman–Crippen MR) is 61.8 cm³/mol. The highest BCUT2D eigenvalue weighted by Gasteiger charge is 2.12. The summed E-state index contributed by atoms with van der Waals surface area (Å²) in [6.45, 7) is 6.82. The number of carbonyl (C=O) groups is 1. The molecule has 15 heavy (non-hydrogen) atoms. The lowest BCUT2D eigenvalue weighted by atomic mass is 10.1. The van der Waals surface area contributed by atoms with Crippen LogP contribution >= 0.6 is 0 Å². The van der Waals surface area contributed by atoms with Gasteiger partial charge in [0, 0.05) is 18.7 Å². The van der Waals surface area contributed by atoms with Crippen LogP contribution < -0.4 is 10.6 Å². The Balaban J connectivity index is 3.32. The van der Waals surface area contributed by atoms with Crippen molar-refractivity contribution in [3.05, 3.63) is 0 Å². The molecule has 0 unspecified atom stereocenters. The molecule has 0 aliphatic carbocycles. The molecule has 3 N–H and O–H groups in total. The number of aliphatic hydroxyl groups excluding tert-OH is 1. The van der Waals surface area contributed by atoms with Crippen molar-refractivity contribution in [2.45, 2.75) is 52.0 Å². The van der Waals surface area contributed by atoms with E-state index in [-0.39, 0.29) is 18.2 Å². The molecule has 0 aromatic rings. The van der Waals surface area contributed by atoms with Gasteiger partial charge in [-0.15, -0.1) is 0 Å². The molecule has 0 fully saturated rings. The van der Waals surface area contributed by atoms with Crippen molar-refractivity contribution in [1.82, 2.24) is 10.6 Å². The fraction of sp³-hybridized carbons (Fsp3) is 0.909. The maximum Gasteiger partial charge on any atom is 0.315 e. The summed E-state index contributed by atoms with van der Waals surface area (Å²) < 4.78 is 0. The number of rotatable bonds is 6. The van der Waals surface area contributed by atoms with Crippen molar-refractivity contribution >= 4 is 6.03 Å². The molecule has 0 atom stereocenters. The Bertz CT molecular complexity index is 176. The third kappa shape index (κ3) is 11.2. The number of aliphatic hydroxyl groups is 1. The molecule has 0 spiro atoms. The van der Waals surface area contributed by atoms with Crippen LogP contribution in [0.25, 0.3) is 0 Å². The maximum absolute atomic E-state index is 11.3. The summed E-state index contributed by atoms with van der Waals surface area (Å²) in [4.78, 5) is 11.3. The summed E-state index contributed by atoms with van der Waals surface area (Å²) in [6.07, 6.45) is 3.90. The first-order valence-corrected chi connectivity index (χ1v) is 5.62. The molecule has 4 nitrogen and oxygen atoms in total. The summed E-state index contributed by atoms with van der Waals surface area (Å²) in [5.41, 5.74) is -0.180. The second-order valence-corrected chi connectivity index (χ2v) is 4.77. The minimum absolute atomic E-state index is 0.107. The monoisotopic (exact) mass is 216 g/mol. The van der Waals surface area contributed by atoms with Gasteiger partial charge in [0.1, 0.15) is 0 Å². The van der Waals surface area contributed by atoms with Gasteiger partial charge in [-0.05, 0) is 33.6 Å². The molecular formula is C11H24N2O2. The Labute approximate surface area is 92.4 Å². The van der Waals surface area contributed by atoms with Crippen molar-refractivity contribution in [2.75, 3.05) is 13.2 Å². The summed E-state index contributed by atoms with van der Waals surface area (Å²) >= 11 is 0. The summed E-state index contributed by atoms with van der Waals surface area (Å²) in [5, 5.41) is 14.2. The van der Waals surface area contributed by atoms with Gasteiger partial charge in [-0.2, -0.15) is 0 Å². The molecule has 0 bridgehead atoms. The molecule has 0 radical (unpaired) electrons. The lowest BCUT2D eigenvalue weighted by molar-refractivity contribution is 0.231. The van der Waals surface area contributed by atoms with Gasteiger partial charge < -0.3 is 15.7 Å². The molecule has 0 aromatic heterocycles. The van der Waals surface area contributed by atoms with Crippen LogP contribution in [0.15, 0.2) is 0 Å². The summed E-state index contributed by atoms with van der Waals surface area (Å²) in [5.74, 6) is 0. The van der Waals surface area contributed by atoms with Crippen molar-refractivity contribution in [3.8, 4) is 0 Å². The van der Waals surface area contributed by atoms with E-state index in [1.807, 2.05) is 20.8 Å². The molecule has 0 aromatic carbocycles. The van der Waals surface area contributed by atoms with Crippen molar-refractivity contribution in [1.29, 1.82) is 0 Å². The number of hydrogen-bond donors (Lipinski definition) is 3. The highest BCUT2D eigenvalue weighted by Crippen LogP contribution is 1.99. The minimum atomic E-state index is -0.180. The van der Waals surface area contributed by atoms with Crippen molar-refractivity contribution in [3.63, 3.8) is 0 Å². The molecular weight excluding hydrogens is 192 g/mol. The Morgan fingerprint density at radius 2 is 1.73 bits per heavy atom. The maximum atomic E-state index is 11.3. The molecule has 4 heteroatoms. The third-order valence-corrected chi connectivity index (χ3v) is 1.86. The number of nitrogens with one attached hydrogen (secondary N) is 2. The Kier molecular flexibility index (Phi) is 7.13. The van der Waals surface area contributed by atoms with Crippen LogP contribution in [0.2, 0.25) is 0 Å². The van der Waals surface area contributed by atoms with Crippen molar-refractivity contribution in [2.24, 2.45) is 0 Å². The zero-order chi connectivity index (χ0) is 11.7. The Morgan fingerprint density at radius 1 is 1.13 bits per heavy atom. The van der Waals surface area contributed by atoms with Crippen LogP contribution in [0.5, 0.6) is 0 Å². The van der Waals surface area contributed by atoms with Gasteiger partial charge in [0.2, 0.25) is 0 Å². The van der Waals surface area contributed by atoms with E-state index in [1.54, 1.807) is 0 Å². The molecule has 0 rings (SSSR count). The number of hydrogen-bond acceptors (Lipinski definition) is 2. The van der Waals surface area contributed by atoms with E-state index in [0.29, 0.717) is 6.54 Å². The fourth-order valence-electron chi connectivity index (χ4n) is 1.18. The van der Waals surface area contributed by atoms with Gasteiger partial charge in [0.25, 0.3) is 0 Å². The zero-order valence-corrected chi connectivity index (χ0v) is 10.1. The molecule has 0 aliphatic rings. The average molecular weight is 216 g/mol. The quantitative estimate of drug-likeness (QED) is 0.591. The number of urea groups is 1. The van der Waals surface area contributed by atoms with E-state index in [2.05, 4.69) is 10.6 Å². The van der Waals surface area contributed by atoms with E-state index in [1.165, 1.54) is 0 Å². The van der Waals surface area contributed by atoms with E-state index in [0.717, 1.165) is 25.7 Å². The molecule has 0 saturated heterocycles. The predicted octanol–water partition coefficient (Wildman–Crippen LogP) is 1.64. The van der Waals surface area contributed by atoms with Gasteiger partial charge in [-0.1, -0.05) is 12.8 Å². The van der Waals surface area contributed by atoms with E-state index >= 15 is 0 Å². The first kappa shape index (κ1) is 14.2. The lowest BCUT2D eigenvalue weighted by Gasteiger charge is -2.20. The number of amides is 2. The second-order valence-electron chi connectivity index (χ2n) is 4.77. The lowest BCUT2D eigenvalue weighted by Crippen LogP contribution is -2.46. The van der Waals surface area contributed by atoms with Crippen LogP contribution in [-0.2, 0) is 0 Å². The molecule has 90 valence electrons. The van der Waals surface area contributed by atoms with Gasteiger partial charge >= 0.3 is 6.03 Å². The molecule has 0 saturated carbocycles. The van der Waals surface area contributed by atoms with Crippen LogP contribution in [0.1, 0.15) is 46.5 Å². The molecule has 0 heterocycles. The summed E-state index contributed by atoms with van der Waals surface area (Å²) in [6, 6.07) is -0.107. The van der Waals surface area contributed by atoms with Gasteiger partial charge in [0.15, 0.2) is 0 Å². The van der Waals surface area contributed by atoms with Crippen molar-refractivity contribution < 1.29 is 9.90 Å². The second kappa shape index (κ2) is 7.51. The van der Waals surface area contributed by atoms with Gasteiger partial charge in [-0.25, -0.2) is 4.79 Å². The standard InChI is InChI=1S/C11H24N2O2/c1-11(2,3)13-10(15)12-8-6-4-5-7-9-14/h14H,4-9H2,1-3H3,(H2,12,13,15). The van der Waals surface area contributed by atoms with Gasteiger partial charge in [-0.3, -0.25) is 0 Å². The number of unbranched alkanes of at least 4 members (excludes halogenated alkanes) is 3. The van der Waals surface area contributed by atoms with Crippen LogP contribution in [0, 0.1) is 0 Å². The Hall–Kier alpha value is -0.770. The largest absolute Gasteiger partial charge is 0.396 e. The van der Waals surface area contributed by atoms with E-state index < -0.39 is 0 Å². The van der Waals surface area contributed by atoms with E-state index in [4.69, 9.17) is 5.11 Å². The third-order valence-electron chi connectivity index (χ3n) is 1.86. The first-order valence-electron chi connectivity index (χ1n) is 5.62. The Morgan fingerprint density at radius 3 is 2.27 bits per heavy atom. The summed E-state index contributed by atoms with van der Waals surface area (Å²) in [7, 11) is 0. The normalized spacial score (nSPS) is 11.2. The first-order chi connectivity index (χ1) is 6.95. The fourth-order valence-corrected chi connectivity index (χ4v) is 1.18. The SMILES string of the molecule is CC(C)(C)NC(=O)NCCCCCCO. The van der Waals surface area contributed by atoms with E-state index in [9.17, 15) is 4.79 Å². The van der Waals surface area contributed by atoms with Crippen LogP contribution in [0.3, 0.4) is 0 Å².